The van der Waals surface area contributed by atoms with Crippen LogP contribution in [0.2, 0.25) is 5.02 Å². The summed E-state index contributed by atoms with van der Waals surface area (Å²) in [5.41, 5.74) is 1.95. The Morgan fingerprint density at radius 2 is 1.88 bits per heavy atom. The van der Waals surface area contributed by atoms with Crippen molar-refractivity contribution in [3.63, 3.8) is 0 Å². The molecule has 0 aliphatic heterocycles. The van der Waals surface area contributed by atoms with Crippen LogP contribution in [0, 0.1) is 0 Å². The molecule has 0 aliphatic rings. The van der Waals surface area contributed by atoms with Crippen molar-refractivity contribution in [3.05, 3.63) is 64.9 Å². The van der Waals surface area contributed by atoms with E-state index < -0.39 is 0 Å². The number of carbonyl (C=O) groups is 1. The SMILES string of the molecule is CCOC(=O)[C@@H](C)Sc1nc(Cc2ccc(Cl)cc2)nc2ccccc12. The van der Waals surface area contributed by atoms with E-state index in [-0.39, 0.29) is 11.2 Å². The highest BCUT2D eigenvalue weighted by Gasteiger charge is 2.19. The van der Waals surface area contributed by atoms with Crippen LogP contribution < -0.4 is 0 Å². The fraction of sp³-hybridized carbons (Fsp3) is 0.250. The van der Waals surface area contributed by atoms with Crippen LogP contribution in [0.15, 0.2) is 53.6 Å². The summed E-state index contributed by atoms with van der Waals surface area (Å²) in [6.45, 7) is 4.01. The Balaban J connectivity index is 1.93. The molecule has 0 amide bonds. The molecule has 26 heavy (non-hydrogen) atoms. The zero-order valence-electron chi connectivity index (χ0n) is 14.6. The van der Waals surface area contributed by atoms with Crippen molar-refractivity contribution < 1.29 is 9.53 Å². The zero-order chi connectivity index (χ0) is 18.5. The first-order chi connectivity index (χ1) is 12.6. The van der Waals surface area contributed by atoms with Gasteiger partial charge in [-0.25, -0.2) is 9.97 Å². The maximum atomic E-state index is 12.0. The van der Waals surface area contributed by atoms with Crippen molar-refractivity contribution in [2.75, 3.05) is 6.61 Å². The summed E-state index contributed by atoms with van der Waals surface area (Å²) in [5, 5.41) is 2.10. The summed E-state index contributed by atoms with van der Waals surface area (Å²) in [6.07, 6.45) is 0.601. The first-order valence-electron chi connectivity index (χ1n) is 8.40. The second-order valence-corrected chi connectivity index (χ2v) is 7.54. The van der Waals surface area contributed by atoms with Crippen molar-refractivity contribution >= 4 is 40.2 Å². The Morgan fingerprint density at radius 1 is 1.15 bits per heavy atom. The zero-order valence-corrected chi connectivity index (χ0v) is 16.2. The lowest BCUT2D eigenvalue weighted by Crippen LogP contribution is -2.17. The van der Waals surface area contributed by atoms with E-state index in [4.69, 9.17) is 21.3 Å². The third-order valence-electron chi connectivity index (χ3n) is 3.80. The van der Waals surface area contributed by atoms with Gasteiger partial charge in [0.2, 0.25) is 0 Å². The molecule has 0 saturated heterocycles. The van der Waals surface area contributed by atoms with E-state index in [2.05, 4.69) is 4.98 Å². The van der Waals surface area contributed by atoms with Crippen molar-refractivity contribution in [1.29, 1.82) is 0 Å². The summed E-state index contributed by atoms with van der Waals surface area (Å²) in [6, 6.07) is 15.5. The lowest BCUT2D eigenvalue weighted by molar-refractivity contribution is -0.142. The number of aromatic nitrogens is 2. The number of ether oxygens (including phenoxy) is 1. The molecule has 2 aromatic carbocycles. The second-order valence-electron chi connectivity index (χ2n) is 5.78. The van der Waals surface area contributed by atoms with E-state index in [1.54, 1.807) is 6.92 Å². The molecule has 6 heteroatoms. The van der Waals surface area contributed by atoms with Gasteiger partial charge in [0.1, 0.15) is 16.1 Å². The van der Waals surface area contributed by atoms with Crippen LogP contribution in [-0.2, 0) is 16.0 Å². The van der Waals surface area contributed by atoms with Crippen molar-refractivity contribution in [1.82, 2.24) is 9.97 Å². The van der Waals surface area contributed by atoms with E-state index in [1.807, 2.05) is 55.5 Å². The number of hydrogen-bond donors (Lipinski definition) is 0. The molecule has 0 spiro atoms. The van der Waals surface area contributed by atoms with Gasteiger partial charge in [-0.3, -0.25) is 4.79 Å². The Kier molecular flexibility index (Phi) is 6.12. The lowest BCUT2D eigenvalue weighted by atomic mass is 10.1. The Labute approximate surface area is 162 Å². The Hall–Kier alpha value is -2.11. The highest BCUT2D eigenvalue weighted by Crippen LogP contribution is 2.29. The molecule has 4 nitrogen and oxygen atoms in total. The van der Waals surface area contributed by atoms with Crippen molar-refractivity contribution in [3.8, 4) is 0 Å². The van der Waals surface area contributed by atoms with Gasteiger partial charge in [0.05, 0.1) is 12.1 Å². The smallest absolute Gasteiger partial charge is 0.319 e. The number of hydrogen-bond acceptors (Lipinski definition) is 5. The van der Waals surface area contributed by atoms with E-state index >= 15 is 0 Å². The summed E-state index contributed by atoms with van der Waals surface area (Å²) in [7, 11) is 0. The van der Waals surface area contributed by atoms with Gasteiger partial charge in [0.15, 0.2) is 0 Å². The first kappa shape index (κ1) is 18.7. The largest absolute Gasteiger partial charge is 0.465 e. The average molecular weight is 387 g/mol. The third-order valence-corrected chi connectivity index (χ3v) is 5.13. The number of carbonyl (C=O) groups excluding carboxylic acids is 1. The van der Waals surface area contributed by atoms with Crippen LogP contribution in [0.1, 0.15) is 25.2 Å². The van der Waals surface area contributed by atoms with E-state index in [1.165, 1.54) is 11.8 Å². The molecule has 0 radical (unpaired) electrons. The topological polar surface area (TPSA) is 52.1 Å². The molecule has 134 valence electrons. The summed E-state index contributed by atoms with van der Waals surface area (Å²) < 4.78 is 5.11. The molecular weight excluding hydrogens is 368 g/mol. The number of rotatable bonds is 6. The Bertz CT molecular complexity index is 915. The average Bonchev–Trinajstić information content (AvgIpc) is 2.64. The van der Waals surface area contributed by atoms with E-state index in [9.17, 15) is 4.79 Å². The van der Waals surface area contributed by atoms with Gasteiger partial charge in [-0.15, -0.1) is 0 Å². The maximum Gasteiger partial charge on any atom is 0.319 e. The highest BCUT2D eigenvalue weighted by molar-refractivity contribution is 8.00. The minimum atomic E-state index is -0.336. The van der Waals surface area contributed by atoms with Gasteiger partial charge in [-0.05, 0) is 37.6 Å². The monoisotopic (exact) mass is 386 g/mol. The van der Waals surface area contributed by atoms with Crippen molar-refractivity contribution in [2.24, 2.45) is 0 Å². The second kappa shape index (κ2) is 8.52. The van der Waals surface area contributed by atoms with Crippen LogP contribution in [0.4, 0.5) is 0 Å². The lowest BCUT2D eigenvalue weighted by Gasteiger charge is -2.12. The van der Waals surface area contributed by atoms with E-state index in [0.717, 1.165) is 21.5 Å². The Morgan fingerprint density at radius 3 is 2.62 bits per heavy atom. The number of halogens is 1. The van der Waals surface area contributed by atoms with Crippen LogP contribution in [-0.4, -0.2) is 27.8 Å². The first-order valence-corrected chi connectivity index (χ1v) is 9.66. The fourth-order valence-electron chi connectivity index (χ4n) is 2.52. The molecule has 0 unspecified atom stereocenters. The normalized spacial score (nSPS) is 12.1. The molecule has 3 rings (SSSR count). The molecule has 1 atom stereocenters. The number of nitrogens with zero attached hydrogens (tertiary/aromatic N) is 2. The molecular formula is C20H19ClN2O2S. The van der Waals surface area contributed by atoms with Gasteiger partial charge in [-0.1, -0.05) is 53.7 Å². The summed E-state index contributed by atoms with van der Waals surface area (Å²) >= 11 is 7.35. The van der Waals surface area contributed by atoms with Gasteiger partial charge < -0.3 is 4.74 Å². The minimum absolute atomic E-state index is 0.237. The van der Waals surface area contributed by atoms with Gasteiger partial charge in [0, 0.05) is 16.8 Å². The summed E-state index contributed by atoms with van der Waals surface area (Å²) in [5.74, 6) is 0.476. The molecule has 1 heterocycles. The predicted molar refractivity (Wildman–Crippen MR) is 106 cm³/mol. The molecule has 1 aromatic heterocycles. The molecule has 0 aliphatic carbocycles. The van der Waals surface area contributed by atoms with Gasteiger partial charge in [0.25, 0.3) is 0 Å². The van der Waals surface area contributed by atoms with Crippen LogP contribution in [0.3, 0.4) is 0 Å². The quantitative estimate of drug-likeness (QED) is 0.342. The van der Waals surface area contributed by atoms with Gasteiger partial charge >= 0.3 is 5.97 Å². The number of esters is 1. The maximum absolute atomic E-state index is 12.0. The summed E-state index contributed by atoms with van der Waals surface area (Å²) in [4.78, 5) is 21.4. The standard InChI is InChI=1S/C20H19ClN2O2S/c1-3-25-20(24)13(2)26-19-16-6-4-5-7-17(16)22-18(23-19)12-14-8-10-15(21)11-9-14/h4-11,13H,3,12H2,1-2H3/t13-/m1/s1. The number of thioether (sulfide) groups is 1. The molecule has 0 bridgehead atoms. The number of benzene rings is 2. The van der Waals surface area contributed by atoms with Crippen LogP contribution in [0.25, 0.3) is 10.9 Å². The minimum Gasteiger partial charge on any atom is -0.465 e. The predicted octanol–water partition coefficient (Wildman–Crippen LogP) is 4.92. The fourth-order valence-corrected chi connectivity index (χ4v) is 3.61. The van der Waals surface area contributed by atoms with Crippen LogP contribution in [0.5, 0.6) is 0 Å². The molecule has 0 saturated carbocycles. The van der Waals surface area contributed by atoms with Crippen molar-refractivity contribution in [2.45, 2.75) is 30.5 Å². The molecule has 0 N–H and O–H groups in total. The van der Waals surface area contributed by atoms with Crippen LogP contribution >= 0.6 is 23.4 Å². The van der Waals surface area contributed by atoms with Gasteiger partial charge in [-0.2, -0.15) is 0 Å². The van der Waals surface area contributed by atoms with E-state index in [0.29, 0.717) is 23.9 Å². The molecule has 3 aromatic rings. The molecule has 0 fully saturated rings. The number of fused-ring (bicyclic) bond motifs is 1. The third kappa shape index (κ3) is 4.54. The number of para-hydroxylation sites is 1. The highest BCUT2D eigenvalue weighted by atomic mass is 35.5.